The highest BCUT2D eigenvalue weighted by Crippen LogP contribution is 2.22. The van der Waals surface area contributed by atoms with Crippen LogP contribution in [0.4, 0.5) is 16.4 Å². The lowest BCUT2D eigenvalue weighted by Gasteiger charge is -2.08. The van der Waals surface area contributed by atoms with Crippen molar-refractivity contribution in [1.82, 2.24) is 10.1 Å². The molecule has 3 rings (SSSR count). The summed E-state index contributed by atoms with van der Waals surface area (Å²) in [6.45, 7) is 2.05. The predicted octanol–water partition coefficient (Wildman–Crippen LogP) is 4.46. The number of aromatic nitrogens is 2. The minimum Gasteiger partial charge on any atom is -0.457 e. The highest BCUT2D eigenvalue weighted by molar-refractivity contribution is 5.98. The summed E-state index contributed by atoms with van der Waals surface area (Å²) in [4.78, 5) is 15.9. The summed E-state index contributed by atoms with van der Waals surface area (Å²) in [7, 11) is 0. The Morgan fingerprint density at radius 3 is 2.52 bits per heavy atom. The first-order valence-electron chi connectivity index (χ1n) is 7.94. The first-order valence-corrected chi connectivity index (χ1v) is 7.94. The fourth-order valence-corrected chi connectivity index (χ4v) is 2.17. The molecule has 25 heavy (non-hydrogen) atoms. The van der Waals surface area contributed by atoms with Crippen molar-refractivity contribution in [3.63, 3.8) is 0 Å². The van der Waals surface area contributed by atoms with Crippen molar-refractivity contribution in [2.24, 2.45) is 0 Å². The maximum atomic E-state index is 12.0. The molecule has 7 heteroatoms. The van der Waals surface area contributed by atoms with Gasteiger partial charge in [0.1, 0.15) is 11.5 Å². The highest BCUT2D eigenvalue weighted by atomic mass is 16.5. The van der Waals surface area contributed by atoms with Gasteiger partial charge in [-0.1, -0.05) is 18.5 Å². The molecule has 0 aliphatic heterocycles. The topological polar surface area (TPSA) is 89.3 Å². The number of amides is 2. The molecule has 0 fully saturated rings. The Hall–Kier alpha value is -3.35. The Morgan fingerprint density at radius 1 is 1.08 bits per heavy atom. The zero-order valence-corrected chi connectivity index (χ0v) is 13.7. The second-order valence-corrected chi connectivity index (χ2v) is 5.32. The molecular weight excluding hydrogens is 320 g/mol. The average molecular weight is 338 g/mol. The van der Waals surface area contributed by atoms with Crippen LogP contribution < -0.4 is 15.4 Å². The summed E-state index contributed by atoms with van der Waals surface area (Å²) in [6, 6.07) is 11.9. The van der Waals surface area contributed by atoms with Crippen LogP contribution in [0.5, 0.6) is 11.5 Å². The van der Waals surface area contributed by atoms with Gasteiger partial charge in [0.2, 0.25) is 5.88 Å². The van der Waals surface area contributed by atoms with E-state index in [1.807, 2.05) is 0 Å². The lowest BCUT2D eigenvalue weighted by atomic mass is 10.2. The van der Waals surface area contributed by atoms with Crippen molar-refractivity contribution in [2.45, 2.75) is 19.8 Å². The number of benzene rings is 1. The number of anilines is 2. The fourth-order valence-electron chi connectivity index (χ4n) is 2.17. The Balaban J connectivity index is 1.54. The van der Waals surface area contributed by atoms with E-state index in [1.54, 1.807) is 54.9 Å². The Morgan fingerprint density at radius 2 is 1.80 bits per heavy atom. The summed E-state index contributed by atoms with van der Waals surface area (Å²) in [6.07, 6.45) is 5.09. The van der Waals surface area contributed by atoms with Gasteiger partial charge in [-0.2, -0.15) is 0 Å². The first kappa shape index (κ1) is 16.5. The first-order chi connectivity index (χ1) is 12.2. The molecule has 0 saturated carbocycles. The molecule has 0 atom stereocenters. The smallest absolute Gasteiger partial charge is 0.326 e. The van der Waals surface area contributed by atoms with Gasteiger partial charge in [-0.15, -0.1) is 0 Å². The number of aryl methyl sites for hydroxylation is 1. The molecule has 0 spiro atoms. The van der Waals surface area contributed by atoms with Crippen molar-refractivity contribution in [1.29, 1.82) is 0 Å². The number of hydrogen-bond acceptors (Lipinski definition) is 5. The van der Waals surface area contributed by atoms with Gasteiger partial charge in [0.25, 0.3) is 0 Å². The molecule has 3 aromatic rings. The third-order valence-corrected chi connectivity index (χ3v) is 3.30. The quantitative estimate of drug-likeness (QED) is 0.692. The molecule has 0 bridgehead atoms. The van der Waals surface area contributed by atoms with Crippen LogP contribution in [0.1, 0.15) is 19.0 Å². The zero-order valence-electron chi connectivity index (χ0n) is 13.7. The molecule has 0 unspecified atom stereocenters. The fraction of sp³-hybridized carbons (Fsp3) is 0.167. The molecule has 2 heterocycles. The van der Waals surface area contributed by atoms with E-state index in [9.17, 15) is 4.79 Å². The number of carbonyl (C=O) groups is 1. The summed E-state index contributed by atoms with van der Waals surface area (Å²) in [5, 5.41) is 9.20. The van der Waals surface area contributed by atoms with Crippen LogP contribution in [0.25, 0.3) is 0 Å². The van der Waals surface area contributed by atoms with Gasteiger partial charge in [-0.3, -0.25) is 10.3 Å². The molecule has 0 aliphatic rings. The molecule has 0 aliphatic carbocycles. The van der Waals surface area contributed by atoms with E-state index < -0.39 is 6.03 Å². The van der Waals surface area contributed by atoms with E-state index in [4.69, 9.17) is 9.26 Å². The van der Waals surface area contributed by atoms with E-state index in [2.05, 4.69) is 27.7 Å². The van der Waals surface area contributed by atoms with Crippen molar-refractivity contribution in [3.05, 3.63) is 60.6 Å². The molecule has 2 N–H and O–H groups in total. The van der Waals surface area contributed by atoms with E-state index >= 15 is 0 Å². The van der Waals surface area contributed by atoms with Gasteiger partial charge in [-0.25, -0.2) is 4.79 Å². The van der Waals surface area contributed by atoms with E-state index in [0.29, 0.717) is 23.1 Å². The van der Waals surface area contributed by atoms with Crippen LogP contribution in [0.3, 0.4) is 0 Å². The third-order valence-electron chi connectivity index (χ3n) is 3.30. The van der Waals surface area contributed by atoms with E-state index in [1.165, 1.54) is 0 Å². The maximum absolute atomic E-state index is 12.0. The molecule has 0 saturated heterocycles. The largest absolute Gasteiger partial charge is 0.457 e. The Kier molecular flexibility index (Phi) is 5.26. The lowest BCUT2D eigenvalue weighted by Crippen LogP contribution is -2.18. The van der Waals surface area contributed by atoms with Crippen LogP contribution in [-0.4, -0.2) is 16.2 Å². The number of rotatable bonds is 6. The number of urea groups is 1. The SMILES string of the molecule is CCCc1cc(NC(=O)Nc2ccc(Oc3ccncc3)cc2)on1. The van der Waals surface area contributed by atoms with E-state index in [-0.39, 0.29) is 0 Å². The molecular formula is C18H18N4O3. The molecule has 7 nitrogen and oxygen atoms in total. The van der Waals surface area contributed by atoms with Gasteiger partial charge in [-0.05, 0) is 42.8 Å². The van der Waals surface area contributed by atoms with Gasteiger partial charge in [0.05, 0.1) is 5.69 Å². The van der Waals surface area contributed by atoms with Crippen LogP contribution in [-0.2, 0) is 6.42 Å². The molecule has 2 aromatic heterocycles. The van der Waals surface area contributed by atoms with Crippen molar-refractivity contribution in [2.75, 3.05) is 10.6 Å². The minimum absolute atomic E-state index is 0.318. The second kappa shape index (κ2) is 7.96. The van der Waals surface area contributed by atoms with Crippen molar-refractivity contribution in [3.8, 4) is 11.5 Å². The summed E-state index contributed by atoms with van der Waals surface area (Å²) >= 11 is 0. The normalized spacial score (nSPS) is 10.3. The summed E-state index contributed by atoms with van der Waals surface area (Å²) < 4.78 is 10.7. The minimum atomic E-state index is -0.401. The van der Waals surface area contributed by atoms with Crippen LogP contribution >= 0.6 is 0 Å². The number of ether oxygens (including phenoxy) is 1. The molecule has 128 valence electrons. The van der Waals surface area contributed by atoms with Crippen LogP contribution in [0, 0.1) is 0 Å². The molecule has 2 amide bonds. The third kappa shape index (κ3) is 4.81. The number of carbonyl (C=O) groups excluding carboxylic acids is 1. The Labute approximate surface area is 145 Å². The Bertz CT molecular complexity index is 816. The number of nitrogens with one attached hydrogen (secondary N) is 2. The van der Waals surface area contributed by atoms with E-state index in [0.717, 1.165) is 18.5 Å². The van der Waals surface area contributed by atoms with Crippen LogP contribution in [0.15, 0.2) is 59.4 Å². The maximum Gasteiger partial charge on any atom is 0.326 e. The second-order valence-electron chi connectivity index (χ2n) is 5.32. The van der Waals surface area contributed by atoms with Gasteiger partial charge < -0.3 is 14.6 Å². The standard InChI is InChI=1S/C18H18N4O3/c1-2-3-14-12-17(25-22-14)21-18(23)20-13-4-6-15(7-5-13)24-16-8-10-19-11-9-16/h4-12H,2-3H2,1H3,(H2,20,21,23). The van der Waals surface area contributed by atoms with Crippen LogP contribution in [0.2, 0.25) is 0 Å². The van der Waals surface area contributed by atoms with Crippen molar-refractivity contribution < 1.29 is 14.1 Å². The monoisotopic (exact) mass is 338 g/mol. The van der Waals surface area contributed by atoms with Gasteiger partial charge >= 0.3 is 6.03 Å². The average Bonchev–Trinajstić information content (AvgIpc) is 3.05. The number of nitrogens with zero attached hydrogens (tertiary/aromatic N) is 2. The molecule has 0 radical (unpaired) electrons. The van der Waals surface area contributed by atoms with Gasteiger partial charge in [0.15, 0.2) is 0 Å². The lowest BCUT2D eigenvalue weighted by molar-refractivity contribution is 0.261. The summed E-state index contributed by atoms with van der Waals surface area (Å²) in [5.41, 5.74) is 1.45. The molecule has 1 aromatic carbocycles. The summed E-state index contributed by atoms with van der Waals surface area (Å²) in [5.74, 6) is 1.68. The van der Waals surface area contributed by atoms with Gasteiger partial charge in [0, 0.05) is 24.1 Å². The predicted molar refractivity (Wildman–Crippen MR) is 93.9 cm³/mol. The number of hydrogen-bond donors (Lipinski definition) is 2. The zero-order chi connectivity index (χ0) is 17.5. The highest BCUT2D eigenvalue weighted by Gasteiger charge is 2.08. The van der Waals surface area contributed by atoms with Crippen molar-refractivity contribution >= 4 is 17.6 Å². The number of pyridine rings is 1.